The summed E-state index contributed by atoms with van der Waals surface area (Å²) < 4.78 is 11.2. The van der Waals surface area contributed by atoms with E-state index in [2.05, 4.69) is 15.8 Å². The molecule has 2 aromatic carbocycles. The van der Waals surface area contributed by atoms with Crippen molar-refractivity contribution >= 4 is 28.9 Å². The molecule has 1 aromatic heterocycles. The number of carbonyl (C=O) groups is 2. The van der Waals surface area contributed by atoms with Gasteiger partial charge in [0, 0.05) is 24.6 Å². The van der Waals surface area contributed by atoms with Crippen molar-refractivity contribution in [3.8, 4) is 5.75 Å². The number of oxazole rings is 1. The van der Waals surface area contributed by atoms with E-state index < -0.39 is 0 Å². The van der Waals surface area contributed by atoms with Gasteiger partial charge in [-0.3, -0.25) is 20.4 Å². The Labute approximate surface area is 174 Å². The van der Waals surface area contributed by atoms with E-state index in [0.717, 1.165) is 11.1 Å². The van der Waals surface area contributed by atoms with Gasteiger partial charge in [0.1, 0.15) is 11.3 Å². The molecular formula is C22H24N4O4. The quantitative estimate of drug-likeness (QED) is 0.630. The van der Waals surface area contributed by atoms with Gasteiger partial charge in [-0.25, -0.2) is 0 Å². The lowest BCUT2D eigenvalue weighted by Crippen LogP contribution is -2.47. The van der Waals surface area contributed by atoms with Gasteiger partial charge in [-0.05, 0) is 56.2 Å². The third-order valence-electron chi connectivity index (χ3n) is 5.15. The molecule has 1 fully saturated rings. The Morgan fingerprint density at radius 3 is 2.53 bits per heavy atom. The number of aromatic nitrogens is 1. The topological polar surface area (TPSA) is 96.7 Å². The summed E-state index contributed by atoms with van der Waals surface area (Å²) in [6.07, 6.45) is 1.31. The smallest absolute Gasteiger partial charge is 0.298 e. The fourth-order valence-corrected chi connectivity index (χ4v) is 3.49. The van der Waals surface area contributed by atoms with Crippen molar-refractivity contribution in [2.45, 2.75) is 19.8 Å². The highest BCUT2D eigenvalue weighted by Crippen LogP contribution is 2.26. The van der Waals surface area contributed by atoms with Crippen LogP contribution in [0.5, 0.6) is 5.75 Å². The Hall–Kier alpha value is -3.55. The van der Waals surface area contributed by atoms with Gasteiger partial charge in [-0.2, -0.15) is 4.98 Å². The molecule has 30 heavy (non-hydrogen) atoms. The fourth-order valence-electron chi connectivity index (χ4n) is 3.49. The van der Waals surface area contributed by atoms with Crippen LogP contribution in [0.2, 0.25) is 0 Å². The summed E-state index contributed by atoms with van der Waals surface area (Å²) in [7, 11) is 0. The first-order valence-electron chi connectivity index (χ1n) is 10.1. The number of piperidine rings is 1. The van der Waals surface area contributed by atoms with Gasteiger partial charge < -0.3 is 14.1 Å². The molecule has 0 saturated carbocycles. The van der Waals surface area contributed by atoms with Gasteiger partial charge >= 0.3 is 0 Å². The number of nitrogens with zero attached hydrogens (tertiary/aromatic N) is 2. The number of hydrogen-bond acceptors (Lipinski definition) is 6. The average Bonchev–Trinajstić information content (AvgIpc) is 3.22. The third kappa shape index (κ3) is 4.37. The Bertz CT molecular complexity index is 990. The van der Waals surface area contributed by atoms with Gasteiger partial charge in [0.2, 0.25) is 5.91 Å². The molecule has 1 aliphatic heterocycles. The number of para-hydroxylation sites is 2. The summed E-state index contributed by atoms with van der Waals surface area (Å²) in [5.41, 5.74) is 7.05. The zero-order valence-electron chi connectivity index (χ0n) is 16.8. The minimum Gasteiger partial charge on any atom is -0.494 e. The van der Waals surface area contributed by atoms with Crippen LogP contribution >= 0.6 is 0 Å². The van der Waals surface area contributed by atoms with Gasteiger partial charge in [-0.15, -0.1) is 0 Å². The summed E-state index contributed by atoms with van der Waals surface area (Å²) in [5, 5.41) is 0. The summed E-state index contributed by atoms with van der Waals surface area (Å²) in [6.45, 7) is 3.79. The van der Waals surface area contributed by atoms with E-state index in [0.29, 0.717) is 49.9 Å². The van der Waals surface area contributed by atoms with Gasteiger partial charge in [0.15, 0.2) is 5.58 Å². The van der Waals surface area contributed by atoms with E-state index >= 15 is 0 Å². The standard InChI is InChI=1S/C22H24N4O4/c1-2-29-17-9-7-15(8-10-17)20(27)24-25-21(28)16-11-13-26(14-12-16)22-23-18-5-3-4-6-19(18)30-22/h3-10,16H,2,11-14H2,1H3,(H,24,27)(H,25,28). The van der Waals surface area contributed by atoms with Crippen molar-refractivity contribution in [3.05, 3.63) is 54.1 Å². The Morgan fingerprint density at radius 2 is 1.83 bits per heavy atom. The molecule has 0 unspecified atom stereocenters. The van der Waals surface area contributed by atoms with Crippen LogP contribution in [-0.4, -0.2) is 36.5 Å². The van der Waals surface area contributed by atoms with Crippen LogP contribution in [0.4, 0.5) is 6.01 Å². The molecule has 4 rings (SSSR count). The number of carbonyl (C=O) groups excluding carboxylic acids is 2. The van der Waals surface area contributed by atoms with Gasteiger partial charge in [-0.1, -0.05) is 12.1 Å². The third-order valence-corrected chi connectivity index (χ3v) is 5.15. The predicted molar refractivity (Wildman–Crippen MR) is 112 cm³/mol. The Morgan fingerprint density at radius 1 is 1.10 bits per heavy atom. The van der Waals surface area contributed by atoms with Crippen LogP contribution < -0.4 is 20.5 Å². The lowest BCUT2D eigenvalue weighted by atomic mass is 9.96. The normalized spacial score (nSPS) is 14.5. The maximum atomic E-state index is 12.5. The SMILES string of the molecule is CCOc1ccc(C(=O)NNC(=O)C2CCN(c3nc4ccccc4o3)CC2)cc1. The maximum absolute atomic E-state index is 12.5. The van der Waals surface area contributed by atoms with Gasteiger partial charge in [0.25, 0.3) is 11.9 Å². The number of fused-ring (bicyclic) bond motifs is 1. The molecule has 2 heterocycles. The zero-order chi connectivity index (χ0) is 20.9. The first-order chi connectivity index (χ1) is 14.6. The minimum absolute atomic E-state index is 0.175. The zero-order valence-corrected chi connectivity index (χ0v) is 16.8. The lowest BCUT2D eigenvalue weighted by Gasteiger charge is -2.30. The first-order valence-corrected chi connectivity index (χ1v) is 10.1. The number of anilines is 1. The molecule has 0 atom stereocenters. The molecule has 1 aliphatic rings. The molecule has 0 spiro atoms. The van der Waals surface area contributed by atoms with Crippen LogP contribution in [-0.2, 0) is 4.79 Å². The molecule has 1 saturated heterocycles. The molecule has 3 aromatic rings. The molecular weight excluding hydrogens is 384 g/mol. The Kier molecular flexibility index (Phi) is 5.83. The van der Waals surface area contributed by atoms with Gasteiger partial charge in [0.05, 0.1) is 6.61 Å². The highest BCUT2D eigenvalue weighted by Gasteiger charge is 2.27. The van der Waals surface area contributed by atoms with Crippen LogP contribution in [0.3, 0.4) is 0 Å². The molecule has 0 aliphatic carbocycles. The van der Waals surface area contributed by atoms with Crippen molar-refractivity contribution < 1.29 is 18.7 Å². The van der Waals surface area contributed by atoms with E-state index in [1.54, 1.807) is 24.3 Å². The van der Waals surface area contributed by atoms with Crippen LogP contribution in [0.25, 0.3) is 11.1 Å². The van der Waals surface area contributed by atoms with E-state index in [1.807, 2.05) is 36.1 Å². The highest BCUT2D eigenvalue weighted by molar-refractivity contribution is 5.95. The van der Waals surface area contributed by atoms with E-state index in [-0.39, 0.29) is 17.7 Å². The summed E-state index contributed by atoms with van der Waals surface area (Å²) in [5.74, 6) is -0.0307. The van der Waals surface area contributed by atoms with Crippen LogP contribution in [0.1, 0.15) is 30.1 Å². The van der Waals surface area contributed by atoms with Crippen LogP contribution in [0.15, 0.2) is 52.9 Å². The number of amides is 2. The molecule has 2 amide bonds. The van der Waals surface area contributed by atoms with Crippen molar-refractivity contribution in [3.63, 3.8) is 0 Å². The molecule has 0 radical (unpaired) electrons. The number of hydrogen-bond donors (Lipinski definition) is 2. The number of benzene rings is 2. The number of nitrogens with one attached hydrogen (secondary N) is 2. The van der Waals surface area contributed by atoms with E-state index in [9.17, 15) is 9.59 Å². The maximum Gasteiger partial charge on any atom is 0.298 e. The van der Waals surface area contributed by atoms with Crippen molar-refractivity contribution in [2.24, 2.45) is 5.92 Å². The summed E-state index contributed by atoms with van der Waals surface area (Å²) in [4.78, 5) is 31.2. The molecule has 8 nitrogen and oxygen atoms in total. The number of ether oxygens (including phenoxy) is 1. The second-order valence-electron chi connectivity index (χ2n) is 7.13. The fraction of sp³-hybridized carbons (Fsp3) is 0.318. The second kappa shape index (κ2) is 8.86. The predicted octanol–water partition coefficient (Wildman–Crippen LogP) is 2.90. The average molecular weight is 408 g/mol. The highest BCUT2D eigenvalue weighted by atomic mass is 16.5. The van der Waals surface area contributed by atoms with Crippen molar-refractivity contribution in [1.82, 2.24) is 15.8 Å². The van der Waals surface area contributed by atoms with Crippen molar-refractivity contribution in [1.29, 1.82) is 0 Å². The second-order valence-corrected chi connectivity index (χ2v) is 7.13. The summed E-state index contributed by atoms with van der Waals surface area (Å²) >= 11 is 0. The van der Waals surface area contributed by atoms with E-state index in [1.165, 1.54) is 0 Å². The number of rotatable bonds is 5. The molecule has 156 valence electrons. The monoisotopic (exact) mass is 408 g/mol. The summed E-state index contributed by atoms with van der Waals surface area (Å²) in [6, 6.07) is 15.0. The van der Waals surface area contributed by atoms with Crippen molar-refractivity contribution in [2.75, 3.05) is 24.6 Å². The first kappa shape index (κ1) is 19.8. The van der Waals surface area contributed by atoms with E-state index in [4.69, 9.17) is 9.15 Å². The molecule has 0 bridgehead atoms. The van der Waals surface area contributed by atoms with Crippen LogP contribution in [0, 0.1) is 5.92 Å². The lowest BCUT2D eigenvalue weighted by molar-refractivity contribution is -0.126. The molecule has 2 N–H and O–H groups in total. The number of hydrazine groups is 1. The Balaban J connectivity index is 1.26. The molecule has 8 heteroatoms. The largest absolute Gasteiger partial charge is 0.494 e. The minimum atomic E-state index is -0.365.